The Hall–Kier alpha value is -1.10. The van der Waals surface area contributed by atoms with Crippen LogP contribution < -0.4 is 4.74 Å². The molecule has 0 saturated heterocycles. The second-order valence-electron chi connectivity index (χ2n) is 5.23. The smallest absolute Gasteiger partial charge is 0.280 e. The third-order valence-electron chi connectivity index (χ3n) is 2.68. The number of halogens is 1. The highest BCUT2D eigenvalue weighted by molar-refractivity contribution is 7.13. The minimum atomic E-state index is -0.123. The first-order chi connectivity index (χ1) is 8.90. The normalized spacial score (nSPS) is 11.6. The van der Waals surface area contributed by atoms with Gasteiger partial charge in [-0.3, -0.25) is 0 Å². The van der Waals surface area contributed by atoms with Gasteiger partial charge in [-0.25, -0.2) is 0 Å². The third kappa shape index (κ3) is 3.47. The maximum atomic E-state index is 9.08. The summed E-state index contributed by atoms with van der Waals surface area (Å²) >= 11 is 7.13. The van der Waals surface area contributed by atoms with Crippen molar-refractivity contribution >= 4 is 22.9 Å². The van der Waals surface area contributed by atoms with Gasteiger partial charge in [0.25, 0.3) is 5.19 Å². The molecule has 1 aromatic carbocycles. The van der Waals surface area contributed by atoms with Crippen LogP contribution in [0.4, 0.5) is 0 Å². The van der Waals surface area contributed by atoms with E-state index in [1.807, 2.05) is 18.2 Å². The van der Waals surface area contributed by atoms with Crippen LogP contribution >= 0.6 is 22.9 Å². The molecule has 1 aromatic heterocycles. The van der Waals surface area contributed by atoms with Crippen molar-refractivity contribution in [2.24, 2.45) is 0 Å². The number of aliphatic hydroxyl groups excluding tert-OH is 1. The van der Waals surface area contributed by atoms with Gasteiger partial charge < -0.3 is 9.84 Å². The molecular weight excluding hydrogens is 282 g/mol. The molecule has 1 heterocycles. The summed E-state index contributed by atoms with van der Waals surface area (Å²) in [7, 11) is 0. The van der Waals surface area contributed by atoms with Crippen molar-refractivity contribution in [1.82, 2.24) is 4.98 Å². The van der Waals surface area contributed by atoms with Gasteiger partial charge in [0.1, 0.15) is 10.9 Å². The van der Waals surface area contributed by atoms with Crippen LogP contribution in [0.15, 0.2) is 24.3 Å². The SMILES string of the molecule is CC(C)(C)c1cccc(Oc2nc(Cl)c(CO)s2)c1. The molecule has 0 saturated carbocycles. The molecule has 0 atom stereocenters. The predicted octanol–water partition coefficient (Wildman–Crippen LogP) is 4.38. The van der Waals surface area contributed by atoms with E-state index < -0.39 is 0 Å². The average Bonchev–Trinajstić information content (AvgIpc) is 2.68. The fourth-order valence-corrected chi connectivity index (χ4v) is 2.56. The maximum Gasteiger partial charge on any atom is 0.280 e. The van der Waals surface area contributed by atoms with Crippen LogP contribution in [-0.2, 0) is 12.0 Å². The second kappa shape index (κ2) is 5.49. The Morgan fingerprint density at radius 1 is 1.37 bits per heavy atom. The van der Waals surface area contributed by atoms with E-state index in [4.69, 9.17) is 21.4 Å². The summed E-state index contributed by atoms with van der Waals surface area (Å²) < 4.78 is 5.69. The van der Waals surface area contributed by atoms with Crippen LogP contribution in [0.2, 0.25) is 5.15 Å². The van der Waals surface area contributed by atoms with Gasteiger partial charge in [-0.1, -0.05) is 55.8 Å². The highest BCUT2D eigenvalue weighted by Gasteiger charge is 2.15. The summed E-state index contributed by atoms with van der Waals surface area (Å²) in [4.78, 5) is 4.68. The third-order valence-corrected chi connectivity index (χ3v) is 4.02. The van der Waals surface area contributed by atoms with Crippen molar-refractivity contribution in [3.8, 4) is 10.9 Å². The van der Waals surface area contributed by atoms with Gasteiger partial charge in [0, 0.05) is 0 Å². The summed E-state index contributed by atoms with van der Waals surface area (Å²) in [5, 5.41) is 9.82. The molecule has 2 aromatic rings. The number of aliphatic hydroxyl groups is 1. The fraction of sp³-hybridized carbons (Fsp3) is 0.357. The molecule has 2 rings (SSSR count). The molecule has 0 aliphatic rings. The van der Waals surface area contributed by atoms with Crippen molar-refractivity contribution in [3.63, 3.8) is 0 Å². The molecule has 0 fully saturated rings. The van der Waals surface area contributed by atoms with E-state index in [1.54, 1.807) is 0 Å². The Kier molecular flexibility index (Phi) is 4.13. The highest BCUT2D eigenvalue weighted by atomic mass is 35.5. The van der Waals surface area contributed by atoms with Crippen molar-refractivity contribution in [2.45, 2.75) is 32.8 Å². The number of thiazole rings is 1. The first kappa shape index (κ1) is 14.3. The van der Waals surface area contributed by atoms with Gasteiger partial charge in [0.05, 0.1) is 11.5 Å². The van der Waals surface area contributed by atoms with Crippen LogP contribution in [0, 0.1) is 0 Å². The first-order valence-corrected chi connectivity index (χ1v) is 7.14. The van der Waals surface area contributed by atoms with E-state index in [9.17, 15) is 0 Å². The Labute approximate surface area is 121 Å². The lowest BCUT2D eigenvalue weighted by Gasteiger charge is -2.19. The zero-order chi connectivity index (χ0) is 14.0. The zero-order valence-electron chi connectivity index (χ0n) is 11.1. The van der Waals surface area contributed by atoms with Crippen LogP contribution in [0.25, 0.3) is 0 Å². The fourth-order valence-electron chi connectivity index (χ4n) is 1.58. The van der Waals surface area contributed by atoms with Gasteiger partial charge >= 0.3 is 0 Å². The van der Waals surface area contributed by atoms with Crippen LogP contribution in [0.1, 0.15) is 31.2 Å². The molecule has 1 N–H and O–H groups in total. The average molecular weight is 298 g/mol. The molecule has 0 aliphatic carbocycles. The minimum absolute atomic E-state index is 0.0656. The van der Waals surface area contributed by atoms with Crippen LogP contribution in [-0.4, -0.2) is 10.1 Å². The summed E-state index contributed by atoms with van der Waals surface area (Å²) in [6, 6.07) is 7.90. The molecule has 19 heavy (non-hydrogen) atoms. The van der Waals surface area contributed by atoms with Gasteiger partial charge in [-0.2, -0.15) is 4.98 Å². The number of benzene rings is 1. The Morgan fingerprint density at radius 3 is 2.68 bits per heavy atom. The molecule has 102 valence electrons. The van der Waals surface area contributed by atoms with E-state index >= 15 is 0 Å². The zero-order valence-corrected chi connectivity index (χ0v) is 12.7. The Balaban J connectivity index is 2.23. The number of ether oxygens (including phenoxy) is 1. The van der Waals surface area contributed by atoms with Crippen molar-refractivity contribution in [1.29, 1.82) is 0 Å². The standard InChI is InChI=1S/C14H16ClNO2S/c1-14(2,3)9-5-4-6-10(7-9)18-13-16-12(15)11(8-17)19-13/h4-7,17H,8H2,1-3H3. The lowest BCUT2D eigenvalue weighted by atomic mass is 9.87. The molecule has 3 nitrogen and oxygen atoms in total. The van der Waals surface area contributed by atoms with Gasteiger partial charge in [-0.05, 0) is 23.1 Å². The van der Waals surface area contributed by atoms with Crippen molar-refractivity contribution < 1.29 is 9.84 Å². The summed E-state index contributed by atoms with van der Waals surface area (Å²) in [6.07, 6.45) is 0. The van der Waals surface area contributed by atoms with E-state index in [0.29, 0.717) is 15.2 Å². The number of nitrogens with zero attached hydrogens (tertiary/aromatic N) is 1. The van der Waals surface area contributed by atoms with E-state index in [1.165, 1.54) is 16.9 Å². The molecular formula is C14H16ClNO2S. The maximum absolute atomic E-state index is 9.08. The second-order valence-corrected chi connectivity index (χ2v) is 6.64. The lowest BCUT2D eigenvalue weighted by molar-refractivity contribution is 0.285. The van der Waals surface area contributed by atoms with E-state index in [2.05, 4.69) is 31.8 Å². The molecule has 0 bridgehead atoms. The summed E-state index contributed by atoms with van der Waals surface area (Å²) in [5.74, 6) is 0.724. The number of hydrogen-bond donors (Lipinski definition) is 1. The van der Waals surface area contributed by atoms with E-state index in [-0.39, 0.29) is 12.0 Å². The molecule has 0 amide bonds. The predicted molar refractivity (Wildman–Crippen MR) is 78.3 cm³/mol. The first-order valence-electron chi connectivity index (χ1n) is 5.94. The van der Waals surface area contributed by atoms with Gasteiger partial charge in [0.15, 0.2) is 0 Å². The minimum Gasteiger partial charge on any atom is -0.431 e. The van der Waals surface area contributed by atoms with Gasteiger partial charge in [0.2, 0.25) is 0 Å². The van der Waals surface area contributed by atoms with Crippen molar-refractivity contribution in [2.75, 3.05) is 0 Å². The number of rotatable bonds is 3. The number of aromatic nitrogens is 1. The summed E-state index contributed by atoms with van der Waals surface area (Å²) in [5.41, 5.74) is 1.26. The molecule has 0 unspecified atom stereocenters. The van der Waals surface area contributed by atoms with Crippen LogP contribution in [0.3, 0.4) is 0 Å². The monoisotopic (exact) mass is 297 g/mol. The molecule has 5 heteroatoms. The van der Waals surface area contributed by atoms with E-state index in [0.717, 1.165) is 5.75 Å². The van der Waals surface area contributed by atoms with Crippen LogP contribution in [0.5, 0.6) is 10.9 Å². The Bertz CT molecular complexity index is 575. The quantitative estimate of drug-likeness (QED) is 0.914. The van der Waals surface area contributed by atoms with Gasteiger partial charge in [-0.15, -0.1) is 0 Å². The molecule has 0 spiro atoms. The summed E-state index contributed by atoms with van der Waals surface area (Å²) in [6.45, 7) is 6.32. The lowest BCUT2D eigenvalue weighted by Crippen LogP contribution is -2.10. The van der Waals surface area contributed by atoms with Crippen molar-refractivity contribution in [3.05, 3.63) is 39.9 Å². The molecule has 0 radical (unpaired) electrons. The largest absolute Gasteiger partial charge is 0.431 e. The topological polar surface area (TPSA) is 42.4 Å². The molecule has 0 aliphatic heterocycles. The Morgan fingerprint density at radius 2 is 2.11 bits per heavy atom. The number of hydrogen-bond acceptors (Lipinski definition) is 4. The highest BCUT2D eigenvalue weighted by Crippen LogP contribution is 2.33.